The lowest BCUT2D eigenvalue weighted by molar-refractivity contribution is 0.282. The number of rotatable bonds is 4. The van der Waals surface area contributed by atoms with Crippen LogP contribution >= 0.6 is 11.3 Å². The van der Waals surface area contributed by atoms with Crippen LogP contribution in [0, 0.1) is 0 Å². The summed E-state index contributed by atoms with van der Waals surface area (Å²) in [5.74, 6) is 0.00451. The zero-order chi connectivity index (χ0) is 21.4. The normalized spacial score (nSPS) is 11.1. The molecule has 4 nitrogen and oxygen atoms in total. The van der Waals surface area contributed by atoms with Crippen LogP contribution in [0.15, 0.2) is 89.0 Å². The Hall–Kier alpha value is -3.67. The second kappa shape index (κ2) is 7.87. The summed E-state index contributed by atoms with van der Waals surface area (Å²) in [6.45, 7) is 0.0288. The fourth-order valence-corrected chi connectivity index (χ4v) is 4.78. The van der Waals surface area contributed by atoms with E-state index in [1.807, 2.05) is 84.2 Å². The Morgan fingerprint density at radius 1 is 0.774 bits per heavy atom. The van der Waals surface area contributed by atoms with Crippen LogP contribution < -0.4 is 5.56 Å². The Bertz CT molecular complexity index is 1420. The summed E-state index contributed by atoms with van der Waals surface area (Å²) in [6.07, 6.45) is 0. The van der Waals surface area contributed by atoms with Gasteiger partial charge in [0.25, 0.3) is 5.56 Å². The van der Waals surface area contributed by atoms with E-state index >= 15 is 0 Å². The van der Waals surface area contributed by atoms with Gasteiger partial charge in [-0.15, -0.1) is 11.3 Å². The molecule has 5 aromatic rings. The lowest BCUT2D eigenvalue weighted by Crippen LogP contribution is -2.08. The van der Waals surface area contributed by atoms with Crippen LogP contribution in [0.4, 0.5) is 0 Å². The summed E-state index contributed by atoms with van der Waals surface area (Å²) < 4.78 is 0. The number of aromatic nitrogens is 1. The Morgan fingerprint density at radius 2 is 1.39 bits per heavy atom. The SMILES string of the molecule is O=c1[nH]c2scc(-c3ccc(-c4ccc(CO)cc4)cc3)c2c(O)c1-c1ccccc1. The molecule has 0 saturated carbocycles. The Labute approximate surface area is 182 Å². The lowest BCUT2D eigenvalue weighted by atomic mass is 9.98. The summed E-state index contributed by atoms with van der Waals surface area (Å²) in [5.41, 5.74) is 5.52. The largest absolute Gasteiger partial charge is 0.506 e. The Kier molecular flexibility index (Phi) is 4.90. The van der Waals surface area contributed by atoms with Gasteiger partial charge in [0.05, 0.1) is 17.6 Å². The van der Waals surface area contributed by atoms with Crippen LogP contribution in [0.3, 0.4) is 0 Å². The van der Waals surface area contributed by atoms with E-state index in [2.05, 4.69) is 4.98 Å². The van der Waals surface area contributed by atoms with E-state index in [9.17, 15) is 15.0 Å². The number of aliphatic hydroxyl groups excluding tert-OH is 1. The summed E-state index contributed by atoms with van der Waals surface area (Å²) in [7, 11) is 0. The van der Waals surface area contributed by atoms with Crippen molar-refractivity contribution in [1.29, 1.82) is 0 Å². The van der Waals surface area contributed by atoms with Crippen molar-refractivity contribution in [3.05, 3.63) is 100 Å². The number of hydrogen-bond acceptors (Lipinski definition) is 4. The van der Waals surface area contributed by atoms with Crippen molar-refractivity contribution in [2.24, 2.45) is 0 Å². The number of nitrogens with one attached hydrogen (secondary N) is 1. The quantitative estimate of drug-likeness (QED) is 0.341. The molecule has 5 heteroatoms. The number of aromatic hydroxyl groups is 1. The van der Waals surface area contributed by atoms with Gasteiger partial charge >= 0.3 is 0 Å². The monoisotopic (exact) mass is 425 g/mol. The van der Waals surface area contributed by atoms with Crippen LogP contribution in [0.5, 0.6) is 5.75 Å². The Balaban J connectivity index is 1.60. The van der Waals surface area contributed by atoms with Gasteiger partial charge < -0.3 is 15.2 Å². The molecule has 3 N–H and O–H groups in total. The average molecular weight is 426 g/mol. The Morgan fingerprint density at radius 3 is 2.03 bits per heavy atom. The minimum absolute atomic E-state index is 0.00451. The number of benzene rings is 3. The number of hydrogen-bond donors (Lipinski definition) is 3. The maximum Gasteiger partial charge on any atom is 0.260 e. The van der Waals surface area contributed by atoms with Gasteiger partial charge in [-0.1, -0.05) is 78.9 Å². The molecule has 0 amide bonds. The average Bonchev–Trinajstić information content (AvgIpc) is 3.24. The van der Waals surface area contributed by atoms with E-state index in [-0.39, 0.29) is 23.5 Å². The third-order valence-corrected chi connectivity index (χ3v) is 6.34. The van der Waals surface area contributed by atoms with Crippen molar-refractivity contribution in [2.45, 2.75) is 6.61 Å². The first kappa shape index (κ1) is 19.3. The van der Waals surface area contributed by atoms with E-state index in [1.165, 1.54) is 11.3 Å². The molecule has 2 aromatic heterocycles. The molecule has 0 saturated heterocycles. The van der Waals surface area contributed by atoms with E-state index in [4.69, 9.17) is 0 Å². The molecule has 152 valence electrons. The third-order valence-electron chi connectivity index (χ3n) is 5.45. The number of pyridine rings is 1. The molecule has 0 fully saturated rings. The molecule has 0 radical (unpaired) electrons. The van der Waals surface area contributed by atoms with Gasteiger partial charge in [0.2, 0.25) is 0 Å². The number of H-pyrrole nitrogens is 1. The summed E-state index contributed by atoms with van der Waals surface area (Å²) in [6, 6.07) is 25.1. The van der Waals surface area contributed by atoms with E-state index < -0.39 is 0 Å². The molecule has 2 heterocycles. The maximum absolute atomic E-state index is 12.6. The molecule has 0 unspecified atom stereocenters. The van der Waals surface area contributed by atoms with Gasteiger partial charge in [-0.25, -0.2) is 0 Å². The molecular weight excluding hydrogens is 406 g/mol. The number of fused-ring (bicyclic) bond motifs is 1. The molecular formula is C26H19NO3S. The summed E-state index contributed by atoms with van der Waals surface area (Å²) >= 11 is 1.41. The van der Waals surface area contributed by atoms with Crippen molar-refractivity contribution in [3.63, 3.8) is 0 Å². The first-order valence-electron chi connectivity index (χ1n) is 9.88. The van der Waals surface area contributed by atoms with E-state index in [0.717, 1.165) is 27.8 Å². The van der Waals surface area contributed by atoms with Crippen molar-refractivity contribution >= 4 is 21.6 Å². The first-order valence-corrected chi connectivity index (χ1v) is 10.8. The smallest absolute Gasteiger partial charge is 0.260 e. The van der Waals surface area contributed by atoms with Crippen LogP contribution in [-0.4, -0.2) is 15.2 Å². The molecule has 0 atom stereocenters. The summed E-state index contributed by atoms with van der Waals surface area (Å²) in [5, 5.41) is 22.9. The number of thiophene rings is 1. The van der Waals surface area contributed by atoms with Crippen LogP contribution in [0.2, 0.25) is 0 Å². The highest BCUT2D eigenvalue weighted by atomic mass is 32.1. The molecule has 5 rings (SSSR count). The van der Waals surface area contributed by atoms with Crippen LogP contribution in [0.1, 0.15) is 5.56 Å². The van der Waals surface area contributed by atoms with Crippen molar-refractivity contribution < 1.29 is 10.2 Å². The second-order valence-corrected chi connectivity index (χ2v) is 8.21. The van der Waals surface area contributed by atoms with Gasteiger partial charge in [-0.3, -0.25) is 4.79 Å². The van der Waals surface area contributed by atoms with Gasteiger partial charge in [0.15, 0.2) is 0 Å². The number of aliphatic hydroxyl groups is 1. The molecule has 0 aliphatic heterocycles. The first-order chi connectivity index (χ1) is 15.2. The minimum Gasteiger partial charge on any atom is -0.506 e. The van der Waals surface area contributed by atoms with Crippen molar-refractivity contribution in [3.8, 4) is 39.1 Å². The standard InChI is InChI=1S/C26H19NO3S/c28-14-16-6-8-17(9-7-16)18-10-12-19(13-11-18)21-15-31-26-23(21)24(29)22(25(30)27-26)20-4-2-1-3-5-20/h1-13,15,28H,14H2,(H2,27,29,30). The van der Waals surface area contributed by atoms with Crippen molar-refractivity contribution in [1.82, 2.24) is 4.98 Å². The third kappa shape index (κ3) is 3.44. The highest BCUT2D eigenvalue weighted by Crippen LogP contribution is 2.41. The molecule has 0 aliphatic rings. The molecule has 3 aromatic carbocycles. The predicted octanol–water partition coefficient (Wildman–Crippen LogP) is 5.79. The zero-order valence-electron chi connectivity index (χ0n) is 16.5. The highest BCUT2D eigenvalue weighted by molar-refractivity contribution is 7.17. The molecule has 0 bridgehead atoms. The minimum atomic E-state index is -0.300. The lowest BCUT2D eigenvalue weighted by Gasteiger charge is -2.08. The maximum atomic E-state index is 12.6. The predicted molar refractivity (Wildman–Crippen MR) is 126 cm³/mol. The van der Waals surface area contributed by atoms with E-state index in [1.54, 1.807) is 0 Å². The van der Waals surface area contributed by atoms with Gasteiger partial charge in [-0.2, -0.15) is 0 Å². The zero-order valence-corrected chi connectivity index (χ0v) is 17.3. The fraction of sp³-hybridized carbons (Fsp3) is 0.0385. The number of aromatic amines is 1. The molecule has 0 aliphatic carbocycles. The van der Waals surface area contributed by atoms with Gasteiger partial charge in [0, 0.05) is 10.9 Å². The molecule has 31 heavy (non-hydrogen) atoms. The van der Waals surface area contributed by atoms with Crippen molar-refractivity contribution in [2.75, 3.05) is 0 Å². The van der Waals surface area contributed by atoms with E-state index in [0.29, 0.717) is 15.8 Å². The fourth-order valence-electron chi connectivity index (χ4n) is 3.81. The van der Waals surface area contributed by atoms with Gasteiger partial charge in [-0.05, 0) is 27.8 Å². The topological polar surface area (TPSA) is 73.3 Å². The second-order valence-electron chi connectivity index (χ2n) is 7.33. The molecule has 0 spiro atoms. The highest BCUT2D eigenvalue weighted by Gasteiger charge is 2.18. The summed E-state index contributed by atoms with van der Waals surface area (Å²) in [4.78, 5) is 16.2. The van der Waals surface area contributed by atoms with Crippen LogP contribution in [0.25, 0.3) is 43.6 Å². The van der Waals surface area contributed by atoms with Crippen LogP contribution in [-0.2, 0) is 6.61 Å². The van der Waals surface area contributed by atoms with Gasteiger partial charge in [0.1, 0.15) is 10.6 Å².